The number of hydrogen-bond acceptors (Lipinski definition) is 3. The van der Waals surface area contributed by atoms with Crippen LogP contribution in [0.3, 0.4) is 0 Å². The summed E-state index contributed by atoms with van der Waals surface area (Å²) < 4.78 is 3.49. The third-order valence-electron chi connectivity index (χ3n) is 8.03. The van der Waals surface area contributed by atoms with Gasteiger partial charge in [0.15, 0.2) is 0 Å². The van der Waals surface area contributed by atoms with Crippen molar-refractivity contribution in [3.63, 3.8) is 0 Å². The Morgan fingerprint density at radius 3 is 1.74 bits per heavy atom. The maximum Gasteiger partial charge on any atom is 0.266 e. The Bertz CT molecular complexity index is 2430. The largest absolute Gasteiger partial charge is 0.309 e. The Morgan fingerprint density at radius 1 is 0.405 bits per heavy atom. The van der Waals surface area contributed by atoms with Gasteiger partial charge in [0, 0.05) is 34.2 Å². The van der Waals surface area contributed by atoms with Gasteiger partial charge in [-0.3, -0.25) is 14.6 Å². The molecule has 0 saturated carbocycles. The summed E-state index contributed by atoms with van der Waals surface area (Å²) >= 11 is 0. The minimum absolute atomic E-state index is 0.352. The second-order valence-electron chi connectivity index (χ2n) is 10.4. The Labute approximate surface area is 240 Å². The van der Waals surface area contributed by atoms with Gasteiger partial charge in [-0.25, -0.2) is 4.57 Å². The highest BCUT2D eigenvalue weighted by atomic mass is 16.2. The Kier molecular flexibility index (Phi) is 5.37. The molecular weight excluding hydrogens is 518 g/mol. The molecule has 5 nitrogen and oxygen atoms in total. The van der Waals surface area contributed by atoms with Crippen molar-refractivity contribution in [2.75, 3.05) is 0 Å². The number of nitrogens with zero attached hydrogens (tertiary/aromatic N) is 3. The maximum atomic E-state index is 14.5. The molecule has 8 rings (SSSR count). The molecule has 0 unspecified atom stereocenters. The molecule has 0 saturated heterocycles. The van der Waals surface area contributed by atoms with Crippen molar-refractivity contribution >= 4 is 43.4 Å². The predicted octanol–water partition coefficient (Wildman–Crippen LogP) is 7.66. The van der Waals surface area contributed by atoms with Crippen molar-refractivity contribution in [1.82, 2.24) is 14.1 Å². The van der Waals surface area contributed by atoms with Gasteiger partial charge in [-0.05, 0) is 82.6 Å². The summed E-state index contributed by atoms with van der Waals surface area (Å²) in [4.78, 5) is 32.9. The van der Waals surface area contributed by atoms with Crippen LogP contribution in [-0.4, -0.2) is 14.1 Å². The topological polar surface area (TPSA) is 56.9 Å². The maximum absolute atomic E-state index is 14.5. The summed E-state index contributed by atoms with van der Waals surface area (Å²) in [6, 6.07) is 41.3. The number of rotatable bonds is 3. The fraction of sp³-hybridized carbons (Fsp3) is 0. The smallest absolute Gasteiger partial charge is 0.266 e. The highest BCUT2D eigenvalue weighted by Gasteiger charge is 2.18. The normalized spacial score (nSPS) is 11.5. The highest BCUT2D eigenvalue weighted by Crippen LogP contribution is 2.36. The minimum Gasteiger partial charge on any atom is -0.309 e. The average molecular weight is 542 g/mol. The van der Waals surface area contributed by atoms with E-state index in [4.69, 9.17) is 0 Å². The van der Waals surface area contributed by atoms with E-state index in [-0.39, 0.29) is 11.1 Å². The van der Waals surface area contributed by atoms with Gasteiger partial charge >= 0.3 is 0 Å². The van der Waals surface area contributed by atoms with Crippen molar-refractivity contribution in [2.45, 2.75) is 0 Å². The fourth-order valence-corrected chi connectivity index (χ4v) is 6.09. The molecule has 3 aromatic heterocycles. The lowest BCUT2D eigenvalue weighted by Gasteiger charge is -2.08. The van der Waals surface area contributed by atoms with Gasteiger partial charge in [-0.15, -0.1) is 0 Å². The van der Waals surface area contributed by atoms with E-state index in [9.17, 15) is 9.59 Å². The van der Waals surface area contributed by atoms with Crippen molar-refractivity contribution in [3.8, 4) is 22.5 Å². The lowest BCUT2D eigenvalue weighted by atomic mass is 10.00. The number of benzene rings is 5. The van der Waals surface area contributed by atoms with E-state index in [1.807, 2.05) is 84.9 Å². The molecule has 0 aliphatic carbocycles. The molecule has 0 fully saturated rings. The summed E-state index contributed by atoms with van der Waals surface area (Å²) in [6.07, 6.45) is 3.47. The van der Waals surface area contributed by atoms with E-state index in [0.717, 1.165) is 49.4 Å². The van der Waals surface area contributed by atoms with Crippen molar-refractivity contribution in [3.05, 3.63) is 160 Å². The van der Waals surface area contributed by atoms with Crippen LogP contribution in [0.4, 0.5) is 0 Å². The zero-order valence-corrected chi connectivity index (χ0v) is 22.4. The van der Waals surface area contributed by atoms with Crippen molar-refractivity contribution in [1.29, 1.82) is 0 Å². The van der Waals surface area contributed by atoms with Crippen LogP contribution in [0.15, 0.2) is 149 Å². The molecule has 0 spiro atoms. The first kappa shape index (κ1) is 24.0. The average Bonchev–Trinajstić information content (AvgIpc) is 3.34. The third kappa shape index (κ3) is 3.61. The summed E-state index contributed by atoms with van der Waals surface area (Å²) in [5.74, 6) is 0. The first-order valence-electron chi connectivity index (χ1n) is 13.8. The van der Waals surface area contributed by atoms with Crippen LogP contribution in [0, 0.1) is 0 Å². The molecule has 0 aliphatic rings. The van der Waals surface area contributed by atoms with E-state index in [2.05, 4.69) is 39.9 Å². The highest BCUT2D eigenvalue weighted by molar-refractivity contribution is 6.17. The lowest BCUT2D eigenvalue weighted by molar-refractivity contribution is 0.976. The van der Waals surface area contributed by atoms with E-state index >= 15 is 0 Å². The first-order chi connectivity index (χ1) is 20.7. The number of aromatic nitrogens is 3. The van der Waals surface area contributed by atoms with E-state index < -0.39 is 0 Å². The van der Waals surface area contributed by atoms with Gasteiger partial charge in [0.25, 0.3) is 11.1 Å². The van der Waals surface area contributed by atoms with E-state index in [1.165, 1.54) is 4.57 Å². The number of fused-ring (bicyclic) bond motifs is 6. The van der Waals surface area contributed by atoms with Gasteiger partial charge in [0.1, 0.15) is 0 Å². The molecule has 0 bridgehead atoms. The van der Waals surface area contributed by atoms with E-state index in [0.29, 0.717) is 16.5 Å². The van der Waals surface area contributed by atoms with Crippen LogP contribution >= 0.6 is 0 Å². The Morgan fingerprint density at radius 2 is 1.02 bits per heavy atom. The number of para-hydroxylation sites is 3. The van der Waals surface area contributed by atoms with Crippen LogP contribution in [0.2, 0.25) is 0 Å². The first-order valence-corrected chi connectivity index (χ1v) is 13.8. The molecule has 8 aromatic rings. The molecule has 0 radical (unpaired) electrons. The molecule has 42 heavy (non-hydrogen) atoms. The second kappa shape index (κ2) is 9.39. The van der Waals surface area contributed by atoms with Crippen LogP contribution in [-0.2, 0) is 0 Å². The molecule has 0 aliphatic heterocycles. The summed E-state index contributed by atoms with van der Waals surface area (Å²) in [5.41, 5.74) is 4.62. The molecule has 0 N–H and O–H groups in total. The quantitative estimate of drug-likeness (QED) is 0.231. The van der Waals surface area contributed by atoms with Crippen molar-refractivity contribution in [2.24, 2.45) is 0 Å². The van der Waals surface area contributed by atoms with Crippen LogP contribution < -0.4 is 11.1 Å². The zero-order valence-electron chi connectivity index (χ0n) is 22.4. The summed E-state index contributed by atoms with van der Waals surface area (Å²) in [5, 5.41) is 4.54. The molecule has 5 aromatic carbocycles. The Hall–Kier alpha value is -5.81. The Balaban J connectivity index is 1.60. The van der Waals surface area contributed by atoms with Crippen LogP contribution in [0.5, 0.6) is 0 Å². The third-order valence-corrected chi connectivity index (χ3v) is 8.03. The van der Waals surface area contributed by atoms with Gasteiger partial charge in [0.2, 0.25) is 0 Å². The monoisotopic (exact) mass is 541 g/mol. The van der Waals surface area contributed by atoms with E-state index in [1.54, 1.807) is 24.5 Å². The number of pyridine rings is 1. The molecule has 0 atom stereocenters. The summed E-state index contributed by atoms with van der Waals surface area (Å²) in [7, 11) is 0. The van der Waals surface area contributed by atoms with Gasteiger partial charge in [-0.2, -0.15) is 0 Å². The fourth-order valence-electron chi connectivity index (χ4n) is 6.09. The van der Waals surface area contributed by atoms with Crippen LogP contribution in [0.25, 0.3) is 65.9 Å². The van der Waals surface area contributed by atoms with Gasteiger partial charge in [-0.1, -0.05) is 66.7 Å². The summed E-state index contributed by atoms with van der Waals surface area (Å²) in [6.45, 7) is 0. The molecule has 198 valence electrons. The standard InChI is InChI=1S/C37H23N3O2/c41-36-32-21-25(24-17-19-38-20-18-24)15-16-28(32)30-22-31-29-13-7-8-14-34(29)39(26-9-3-1-4-10-26)35(31)23-33(30)37(42)40(36)27-11-5-2-6-12-27/h1-23H. The lowest BCUT2D eigenvalue weighted by Crippen LogP contribution is -2.28. The molecule has 5 heteroatoms. The second-order valence-corrected chi connectivity index (χ2v) is 10.4. The molecule has 0 amide bonds. The molecular formula is C37H23N3O2. The SMILES string of the molecule is O=c1c2cc(-c3ccncc3)ccc2c2cc3c4ccccc4n(-c4ccccc4)c3cc2c(=O)n1-c1ccccc1. The molecule has 3 heterocycles. The minimum atomic E-state index is -0.353. The zero-order chi connectivity index (χ0) is 28.2. The van der Waals surface area contributed by atoms with Crippen LogP contribution in [0.1, 0.15) is 0 Å². The van der Waals surface area contributed by atoms with Crippen molar-refractivity contribution < 1.29 is 0 Å². The number of hydrogen-bond donors (Lipinski definition) is 0. The van der Waals surface area contributed by atoms with Gasteiger partial charge < -0.3 is 4.57 Å². The van der Waals surface area contributed by atoms with Gasteiger partial charge in [0.05, 0.1) is 22.1 Å². The predicted molar refractivity (Wildman–Crippen MR) is 171 cm³/mol.